The van der Waals surface area contributed by atoms with Crippen molar-refractivity contribution >= 4 is 19.4 Å². The van der Waals surface area contributed by atoms with E-state index in [9.17, 15) is 0 Å². The molecule has 0 spiro atoms. The van der Waals surface area contributed by atoms with Crippen molar-refractivity contribution in [2.24, 2.45) is 0 Å². The predicted molar refractivity (Wildman–Crippen MR) is 67.7 cm³/mol. The average molecular weight is 380 g/mol. The summed E-state index contributed by atoms with van der Waals surface area (Å²) in [5, 5.41) is 34.3. The zero-order valence-electron chi connectivity index (χ0n) is 10.6. The van der Waals surface area contributed by atoms with Gasteiger partial charge in [-0.1, -0.05) is 0 Å². The fourth-order valence-corrected chi connectivity index (χ4v) is 0.987. The molecule has 0 aromatic rings. The van der Waals surface area contributed by atoms with Gasteiger partial charge in [0.1, 0.15) is 0 Å². The Balaban J connectivity index is -0.000000188. The topological polar surface area (TPSA) is 80.9 Å². The summed E-state index contributed by atoms with van der Waals surface area (Å²) >= 11 is -0.346. The van der Waals surface area contributed by atoms with Crippen LogP contribution in [0.5, 0.6) is 0 Å². The van der Waals surface area contributed by atoms with Crippen LogP contribution in [0.1, 0.15) is 40.5 Å². The van der Waals surface area contributed by atoms with Crippen LogP contribution < -0.4 is 0 Å². The molecule has 0 aliphatic heterocycles. The molecule has 4 N–H and O–H groups in total. The summed E-state index contributed by atoms with van der Waals surface area (Å²) in [4.78, 5) is 0. The second-order valence-electron chi connectivity index (χ2n) is 3.92. The molecular weight excluding hydrogens is 356 g/mol. The monoisotopic (exact) mass is 380 g/mol. The quantitative estimate of drug-likeness (QED) is 0.560. The summed E-state index contributed by atoms with van der Waals surface area (Å²) in [5.74, 6) is 0. The molecule has 0 saturated heterocycles. The Bertz CT molecular complexity index is 109. The molecule has 0 aliphatic rings. The molecule has 0 aromatic heterocycles. The molecular formula is C10H24Cl2O4Ru. The Labute approximate surface area is 120 Å². The van der Waals surface area contributed by atoms with Crippen LogP contribution >= 0.6 is 19.4 Å². The molecule has 4 atom stereocenters. The first-order valence-electron chi connectivity index (χ1n) is 5.24. The third-order valence-corrected chi connectivity index (χ3v) is 1.36. The molecule has 4 unspecified atom stereocenters. The second kappa shape index (κ2) is 17.0. The number of hydrogen-bond acceptors (Lipinski definition) is 4. The minimum atomic E-state index is -0.375. The van der Waals surface area contributed by atoms with Crippen LogP contribution in [0.4, 0.5) is 0 Å². The van der Waals surface area contributed by atoms with Crippen LogP contribution in [0.15, 0.2) is 0 Å². The molecule has 0 fully saturated rings. The third-order valence-electron chi connectivity index (χ3n) is 1.36. The normalized spacial score (nSPS) is 16.8. The number of aliphatic hydroxyl groups excluding tert-OH is 4. The molecule has 0 saturated carbocycles. The SMILES string of the molecule is CC(O)CC(C)O.CC(O)CC(C)O.[Cl][Ru][Cl]. The Morgan fingerprint density at radius 2 is 0.824 bits per heavy atom. The summed E-state index contributed by atoms with van der Waals surface area (Å²) in [7, 11) is 9.71. The van der Waals surface area contributed by atoms with E-state index in [0.29, 0.717) is 12.8 Å². The first-order chi connectivity index (χ1) is 7.67. The van der Waals surface area contributed by atoms with Crippen LogP contribution in [-0.2, 0) is 15.1 Å². The summed E-state index contributed by atoms with van der Waals surface area (Å²) in [6.07, 6.45) is -0.556. The number of halogens is 2. The molecule has 17 heavy (non-hydrogen) atoms. The van der Waals surface area contributed by atoms with E-state index in [1.807, 2.05) is 0 Å². The van der Waals surface area contributed by atoms with Gasteiger partial charge in [0, 0.05) is 0 Å². The van der Waals surface area contributed by atoms with Crippen molar-refractivity contribution in [2.45, 2.75) is 65.0 Å². The van der Waals surface area contributed by atoms with Crippen molar-refractivity contribution in [3.63, 3.8) is 0 Å². The second-order valence-corrected chi connectivity index (χ2v) is 6.56. The van der Waals surface area contributed by atoms with Crippen molar-refractivity contribution in [2.75, 3.05) is 0 Å². The third kappa shape index (κ3) is 47.2. The fourth-order valence-electron chi connectivity index (χ4n) is 0.987. The predicted octanol–water partition coefficient (Wildman–Crippen LogP) is 1.65. The Hall–Kier alpha value is 1.04. The van der Waals surface area contributed by atoms with E-state index in [-0.39, 0.29) is 39.6 Å². The van der Waals surface area contributed by atoms with E-state index < -0.39 is 0 Å². The van der Waals surface area contributed by atoms with Crippen molar-refractivity contribution in [1.29, 1.82) is 0 Å². The van der Waals surface area contributed by atoms with Gasteiger partial charge in [-0.3, -0.25) is 0 Å². The van der Waals surface area contributed by atoms with Gasteiger partial charge in [-0.15, -0.1) is 0 Å². The van der Waals surface area contributed by atoms with Gasteiger partial charge in [-0.25, -0.2) is 0 Å². The number of hydrogen-bond donors (Lipinski definition) is 4. The maximum atomic E-state index is 8.56. The fraction of sp³-hybridized carbons (Fsp3) is 1.00. The van der Waals surface area contributed by atoms with E-state index in [2.05, 4.69) is 0 Å². The van der Waals surface area contributed by atoms with Crippen molar-refractivity contribution in [1.82, 2.24) is 0 Å². The average Bonchev–Trinajstić information content (AvgIpc) is 1.99. The molecule has 0 bridgehead atoms. The zero-order valence-corrected chi connectivity index (χ0v) is 13.9. The molecule has 0 heterocycles. The van der Waals surface area contributed by atoms with E-state index in [1.54, 1.807) is 27.7 Å². The summed E-state index contributed by atoms with van der Waals surface area (Å²) < 4.78 is 0. The Morgan fingerprint density at radius 3 is 0.824 bits per heavy atom. The first kappa shape index (κ1) is 23.2. The zero-order chi connectivity index (χ0) is 14.4. The Kier molecular flexibility index (Phi) is 23.2. The van der Waals surface area contributed by atoms with Crippen LogP contribution in [0, 0.1) is 0 Å². The van der Waals surface area contributed by atoms with Crippen molar-refractivity contribution < 1.29 is 35.6 Å². The standard InChI is InChI=1S/2C5H12O2.2ClH.Ru/c2*1-4(6)3-5(2)7;;;/h2*4-7H,3H2,1-2H3;2*1H;/q;;;;+2/p-2. The molecule has 110 valence electrons. The van der Waals surface area contributed by atoms with Gasteiger partial charge in [-0.2, -0.15) is 0 Å². The van der Waals surface area contributed by atoms with Gasteiger partial charge in [-0.05, 0) is 40.5 Å². The molecule has 0 amide bonds. The van der Waals surface area contributed by atoms with Crippen LogP contribution in [0.3, 0.4) is 0 Å². The maximum absolute atomic E-state index is 8.56. The van der Waals surface area contributed by atoms with Gasteiger partial charge < -0.3 is 20.4 Å². The number of rotatable bonds is 4. The van der Waals surface area contributed by atoms with E-state index in [4.69, 9.17) is 39.8 Å². The van der Waals surface area contributed by atoms with Gasteiger partial charge in [0.05, 0.1) is 24.4 Å². The first-order valence-corrected chi connectivity index (χ1v) is 9.72. The molecule has 0 radical (unpaired) electrons. The summed E-state index contributed by atoms with van der Waals surface area (Å²) in [6, 6.07) is 0. The van der Waals surface area contributed by atoms with Crippen LogP contribution in [0.2, 0.25) is 0 Å². The molecule has 0 rings (SSSR count). The van der Waals surface area contributed by atoms with E-state index in [1.165, 1.54) is 0 Å². The molecule has 0 aromatic carbocycles. The van der Waals surface area contributed by atoms with E-state index in [0.717, 1.165) is 0 Å². The summed E-state index contributed by atoms with van der Waals surface area (Å²) in [6.45, 7) is 6.64. The molecule has 0 aliphatic carbocycles. The van der Waals surface area contributed by atoms with Gasteiger partial charge >= 0.3 is 34.5 Å². The Morgan fingerprint density at radius 1 is 0.706 bits per heavy atom. The van der Waals surface area contributed by atoms with Crippen molar-refractivity contribution in [3.8, 4) is 0 Å². The van der Waals surface area contributed by atoms with Crippen LogP contribution in [-0.4, -0.2) is 44.8 Å². The van der Waals surface area contributed by atoms with Gasteiger partial charge in [0.25, 0.3) is 0 Å². The summed E-state index contributed by atoms with van der Waals surface area (Å²) in [5.41, 5.74) is 0. The minimum absolute atomic E-state index is 0.346. The van der Waals surface area contributed by atoms with Gasteiger partial charge in [0.15, 0.2) is 0 Å². The van der Waals surface area contributed by atoms with E-state index >= 15 is 0 Å². The molecule has 4 nitrogen and oxygen atoms in total. The van der Waals surface area contributed by atoms with Gasteiger partial charge in [0.2, 0.25) is 0 Å². The van der Waals surface area contributed by atoms with Crippen molar-refractivity contribution in [3.05, 3.63) is 0 Å². The van der Waals surface area contributed by atoms with Crippen LogP contribution in [0.25, 0.3) is 0 Å². The molecule has 7 heteroatoms. The number of aliphatic hydroxyl groups is 4.